The van der Waals surface area contributed by atoms with E-state index in [0.29, 0.717) is 36.5 Å². The molecule has 3 aromatic rings. The average molecular weight is 520 g/mol. The number of rotatable bonds is 8. The number of aromatic nitrogens is 5. The number of aromatic hydroxyl groups is 1. The van der Waals surface area contributed by atoms with Crippen molar-refractivity contribution in [3.05, 3.63) is 48.8 Å². The van der Waals surface area contributed by atoms with Crippen LogP contribution >= 0.6 is 0 Å². The van der Waals surface area contributed by atoms with Crippen LogP contribution in [0.3, 0.4) is 0 Å². The lowest BCUT2D eigenvalue weighted by Gasteiger charge is -2.34. The summed E-state index contributed by atoms with van der Waals surface area (Å²) in [5.41, 5.74) is 1.93. The first-order valence-corrected chi connectivity index (χ1v) is 12.8. The Balaban J connectivity index is 1.43. The first-order valence-electron chi connectivity index (χ1n) is 12.8. The van der Waals surface area contributed by atoms with Gasteiger partial charge in [0, 0.05) is 76.0 Å². The highest BCUT2D eigenvalue weighted by Crippen LogP contribution is 2.36. The summed E-state index contributed by atoms with van der Waals surface area (Å²) < 4.78 is 7.28. The van der Waals surface area contributed by atoms with E-state index in [1.165, 1.54) is 0 Å². The highest BCUT2D eigenvalue weighted by Gasteiger charge is 2.33. The van der Waals surface area contributed by atoms with Gasteiger partial charge in [0.05, 0.1) is 25.1 Å². The van der Waals surface area contributed by atoms with Crippen LogP contribution in [0.4, 0.5) is 29.1 Å². The molecule has 0 saturated carbocycles. The van der Waals surface area contributed by atoms with Gasteiger partial charge in [-0.25, -0.2) is 20.0 Å². The molecule has 2 aliphatic heterocycles. The fraction of sp³-hybridized carbons (Fsp3) is 0.423. The zero-order chi connectivity index (χ0) is 26.8. The number of nitrogens with one attached hydrogen (secondary N) is 1. The number of hydrogen-bond donors (Lipinski definition) is 2. The summed E-state index contributed by atoms with van der Waals surface area (Å²) >= 11 is 0. The van der Waals surface area contributed by atoms with Gasteiger partial charge in [-0.1, -0.05) is 6.08 Å². The van der Waals surface area contributed by atoms with Crippen LogP contribution in [-0.4, -0.2) is 81.9 Å². The Kier molecular flexibility index (Phi) is 7.25. The van der Waals surface area contributed by atoms with Gasteiger partial charge in [-0.2, -0.15) is 4.98 Å². The van der Waals surface area contributed by atoms with E-state index in [2.05, 4.69) is 48.8 Å². The molecule has 5 rings (SSSR count). The SMILES string of the molecule is C=CCN1Cc2cnc(Nc3cc(OC)c(N4CCN(C)CC4)cn3)nc2N1c1ccc(O)[n+](C(C)C)n1. The lowest BCUT2D eigenvalue weighted by atomic mass is 10.2. The van der Waals surface area contributed by atoms with Crippen LogP contribution in [-0.2, 0) is 6.54 Å². The smallest absolute Gasteiger partial charge is 0.391 e. The topological polar surface area (TPSA) is 110 Å². The molecule has 0 aliphatic carbocycles. The lowest BCUT2D eigenvalue weighted by molar-refractivity contribution is -0.774. The summed E-state index contributed by atoms with van der Waals surface area (Å²) in [4.78, 5) is 18.6. The number of hydrazine groups is 1. The lowest BCUT2D eigenvalue weighted by Crippen LogP contribution is -2.44. The Labute approximate surface area is 222 Å². The van der Waals surface area contributed by atoms with Crippen LogP contribution in [0, 0.1) is 0 Å². The number of nitrogens with zero attached hydrogens (tertiary/aromatic N) is 9. The van der Waals surface area contributed by atoms with Gasteiger partial charge in [0.2, 0.25) is 11.8 Å². The van der Waals surface area contributed by atoms with Gasteiger partial charge in [-0.15, -0.1) is 6.58 Å². The molecule has 5 heterocycles. The van der Waals surface area contributed by atoms with Crippen LogP contribution in [0.25, 0.3) is 0 Å². The van der Waals surface area contributed by atoms with E-state index < -0.39 is 0 Å². The Bertz CT molecular complexity index is 1310. The third-order valence-corrected chi connectivity index (χ3v) is 6.70. The molecule has 0 atom stereocenters. The molecule has 0 unspecified atom stereocenters. The van der Waals surface area contributed by atoms with Crippen molar-refractivity contribution in [1.29, 1.82) is 0 Å². The van der Waals surface area contributed by atoms with E-state index >= 15 is 0 Å². The molecule has 2 N–H and O–H groups in total. The molecule has 2 aliphatic rings. The summed E-state index contributed by atoms with van der Waals surface area (Å²) in [5.74, 6) is 3.19. The molecule has 38 heavy (non-hydrogen) atoms. The molecule has 200 valence electrons. The predicted octanol–water partition coefficient (Wildman–Crippen LogP) is 2.40. The summed E-state index contributed by atoms with van der Waals surface area (Å²) in [6.45, 7) is 12.9. The van der Waals surface area contributed by atoms with E-state index in [0.717, 1.165) is 43.2 Å². The van der Waals surface area contributed by atoms with Crippen LogP contribution in [0.1, 0.15) is 25.5 Å². The average Bonchev–Trinajstić information content (AvgIpc) is 3.27. The predicted molar refractivity (Wildman–Crippen MR) is 145 cm³/mol. The Morgan fingerprint density at radius 1 is 1.18 bits per heavy atom. The van der Waals surface area contributed by atoms with Gasteiger partial charge in [0.15, 0.2) is 11.9 Å². The summed E-state index contributed by atoms with van der Waals surface area (Å²) in [6, 6.07) is 5.28. The zero-order valence-electron chi connectivity index (χ0n) is 22.4. The van der Waals surface area contributed by atoms with Crippen molar-refractivity contribution in [1.82, 2.24) is 30.0 Å². The maximum atomic E-state index is 10.3. The van der Waals surface area contributed by atoms with Crippen molar-refractivity contribution in [2.75, 3.05) is 62.1 Å². The molecule has 3 aromatic heterocycles. The second kappa shape index (κ2) is 10.8. The standard InChI is InChI=1S/C26H34N10O2/c1-6-9-34-17-19-15-28-26(30-25(19)36(34)23-7-8-24(37)35(31-23)18(2)3)29-22-14-21(38-5)20(16-27-22)33-12-10-32(4)11-13-33/h6-8,14-16,18H,1,9-13,17H2,2-5H3,(H,27,28,29,30)/p+1. The molecular formula is C26H35N10O2+. The minimum absolute atomic E-state index is 0.0117. The largest absolute Gasteiger partial charge is 0.494 e. The highest BCUT2D eigenvalue weighted by molar-refractivity contribution is 5.66. The third-order valence-electron chi connectivity index (χ3n) is 6.70. The van der Waals surface area contributed by atoms with Crippen molar-refractivity contribution in [3.63, 3.8) is 0 Å². The summed E-state index contributed by atoms with van der Waals surface area (Å²) in [6.07, 6.45) is 5.48. The molecule has 0 spiro atoms. The molecule has 1 fully saturated rings. The first-order chi connectivity index (χ1) is 18.4. The van der Waals surface area contributed by atoms with Crippen molar-refractivity contribution in [2.45, 2.75) is 26.4 Å². The number of pyridine rings is 1. The fourth-order valence-electron chi connectivity index (χ4n) is 4.68. The number of ether oxygens (including phenoxy) is 1. The molecule has 0 bridgehead atoms. The number of likely N-dealkylation sites (N-methyl/N-ethyl adjacent to an activating group) is 1. The third kappa shape index (κ3) is 5.04. The van der Waals surface area contributed by atoms with Crippen LogP contribution in [0.2, 0.25) is 0 Å². The first kappa shape index (κ1) is 25.6. The Hall–Kier alpha value is -4.03. The van der Waals surface area contributed by atoms with Gasteiger partial charge in [0.1, 0.15) is 11.6 Å². The van der Waals surface area contributed by atoms with Gasteiger partial charge >= 0.3 is 5.88 Å². The van der Waals surface area contributed by atoms with E-state index in [-0.39, 0.29) is 11.9 Å². The number of anilines is 5. The molecule has 0 amide bonds. The maximum absolute atomic E-state index is 10.3. The summed E-state index contributed by atoms with van der Waals surface area (Å²) in [5, 5.41) is 22.2. The second-order valence-electron chi connectivity index (χ2n) is 9.73. The van der Waals surface area contributed by atoms with Gasteiger partial charge in [-0.05, 0) is 17.8 Å². The molecule has 1 saturated heterocycles. The van der Waals surface area contributed by atoms with E-state index in [9.17, 15) is 5.11 Å². The molecule has 0 aromatic carbocycles. The monoisotopic (exact) mass is 519 g/mol. The fourth-order valence-corrected chi connectivity index (χ4v) is 4.68. The Morgan fingerprint density at radius 3 is 2.68 bits per heavy atom. The van der Waals surface area contributed by atoms with Crippen molar-refractivity contribution >= 4 is 29.1 Å². The van der Waals surface area contributed by atoms with E-state index in [1.54, 1.807) is 23.9 Å². The molecule has 12 heteroatoms. The Morgan fingerprint density at radius 2 is 1.97 bits per heavy atom. The number of methoxy groups -OCH3 is 1. The normalized spacial score (nSPS) is 16.1. The van der Waals surface area contributed by atoms with Crippen molar-refractivity contribution in [2.24, 2.45) is 0 Å². The van der Waals surface area contributed by atoms with Crippen molar-refractivity contribution in [3.8, 4) is 11.6 Å². The van der Waals surface area contributed by atoms with Crippen LogP contribution in [0.15, 0.2) is 43.2 Å². The molecular weight excluding hydrogens is 484 g/mol. The minimum Gasteiger partial charge on any atom is -0.494 e. The van der Waals surface area contributed by atoms with Gasteiger partial charge in [0.25, 0.3) is 0 Å². The van der Waals surface area contributed by atoms with Crippen LogP contribution in [0.5, 0.6) is 11.6 Å². The second-order valence-corrected chi connectivity index (χ2v) is 9.73. The van der Waals surface area contributed by atoms with E-state index in [4.69, 9.17) is 9.72 Å². The number of fused-ring (bicyclic) bond motifs is 1. The van der Waals surface area contributed by atoms with Gasteiger partial charge in [-0.3, -0.25) is 0 Å². The van der Waals surface area contributed by atoms with Gasteiger partial charge < -0.3 is 25.0 Å². The quantitative estimate of drug-likeness (QED) is 0.338. The molecule has 12 nitrogen and oxygen atoms in total. The minimum atomic E-state index is -0.0117. The van der Waals surface area contributed by atoms with E-state index in [1.807, 2.05) is 43.4 Å². The maximum Gasteiger partial charge on any atom is 0.391 e. The van der Waals surface area contributed by atoms with Crippen LogP contribution < -0.4 is 24.6 Å². The zero-order valence-corrected chi connectivity index (χ0v) is 22.4. The number of piperazine rings is 1. The highest BCUT2D eigenvalue weighted by atomic mass is 16.5. The molecule has 0 radical (unpaired) electrons. The van der Waals surface area contributed by atoms with Crippen molar-refractivity contribution < 1.29 is 14.5 Å². The number of hydrogen-bond acceptors (Lipinski definition) is 11. The summed E-state index contributed by atoms with van der Waals surface area (Å²) in [7, 11) is 3.80.